The molecule has 0 saturated heterocycles. The average Bonchev–Trinajstić information content (AvgIpc) is 2.62. The minimum absolute atomic E-state index is 0.0144. The average molecular weight is 358 g/mol. The largest absolute Gasteiger partial charge is 0.497 e. The maximum Gasteiger partial charge on any atom is 0.323 e. The van der Waals surface area contributed by atoms with Gasteiger partial charge in [0.1, 0.15) is 22.9 Å². The first-order valence-electron chi connectivity index (χ1n) is 8.48. The van der Waals surface area contributed by atoms with Crippen LogP contribution in [0.25, 0.3) is 0 Å². The molecule has 0 spiro atoms. The van der Waals surface area contributed by atoms with Gasteiger partial charge in [0.15, 0.2) is 0 Å². The lowest BCUT2D eigenvalue weighted by Gasteiger charge is -2.27. The van der Waals surface area contributed by atoms with E-state index in [0.29, 0.717) is 23.7 Å². The van der Waals surface area contributed by atoms with Gasteiger partial charge in [-0.25, -0.2) is 4.98 Å². The van der Waals surface area contributed by atoms with Gasteiger partial charge in [-0.15, -0.1) is 0 Å². The van der Waals surface area contributed by atoms with Gasteiger partial charge in [0.05, 0.1) is 13.2 Å². The minimum Gasteiger partial charge on any atom is -0.497 e. The molecule has 2 aromatic rings. The van der Waals surface area contributed by atoms with E-state index in [-0.39, 0.29) is 23.7 Å². The van der Waals surface area contributed by atoms with E-state index in [1.165, 1.54) is 6.20 Å². The van der Waals surface area contributed by atoms with Gasteiger partial charge in [-0.2, -0.15) is 4.98 Å². The van der Waals surface area contributed by atoms with Crippen LogP contribution in [0.3, 0.4) is 0 Å². The lowest BCUT2D eigenvalue weighted by Crippen LogP contribution is -2.31. The molecule has 1 heterocycles. The third kappa shape index (κ3) is 4.40. The molecule has 8 nitrogen and oxygen atoms in total. The van der Waals surface area contributed by atoms with E-state index in [1.807, 2.05) is 0 Å². The summed E-state index contributed by atoms with van der Waals surface area (Å²) in [6.45, 7) is 0. The topological polar surface area (TPSA) is 120 Å². The first-order chi connectivity index (χ1) is 12.5. The molecule has 26 heavy (non-hydrogen) atoms. The second-order valence-electron chi connectivity index (χ2n) is 6.22. The Morgan fingerprint density at radius 1 is 1.27 bits per heavy atom. The van der Waals surface area contributed by atoms with Gasteiger partial charge < -0.3 is 25.6 Å². The lowest BCUT2D eigenvalue weighted by atomic mass is 9.93. The fraction of sp³-hybridized carbons (Fsp3) is 0.389. The van der Waals surface area contributed by atoms with Crippen molar-refractivity contribution in [2.75, 3.05) is 12.4 Å². The van der Waals surface area contributed by atoms with Gasteiger partial charge in [-0.1, -0.05) is 0 Å². The Bertz CT molecular complexity index is 766. The monoisotopic (exact) mass is 358 g/mol. The number of carbonyl (C=O) groups is 1. The first kappa shape index (κ1) is 17.9. The van der Waals surface area contributed by atoms with E-state index in [4.69, 9.17) is 15.2 Å². The van der Waals surface area contributed by atoms with Crippen LogP contribution in [0.1, 0.15) is 36.0 Å². The number of methoxy groups -OCH3 is 1. The third-order valence-electron chi connectivity index (χ3n) is 4.29. The Morgan fingerprint density at radius 2 is 2.00 bits per heavy atom. The highest BCUT2D eigenvalue weighted by atomic mass is 16.5. The van der Waals surface area contributed by atoms with Crippen LogP contribution in [0.15, 0.2) is 30.5 Å². The molecule has 1 fully saturated rings. The molecule has 0 radical (unpaired) electrons. The fourth-order valence-electron chi connectivity index (χ4n) is 2.94. The molecule has 1 aromatic carbocycles. The van der Waals surface area contributed by atoms with Crippen LogP contribution >= 0.6 is 0 Å². The SMILES string of the molecule is COc1ccc(Oc2ncc(C(N)=O)c(NC3CCCC(O)C3)n2)cc1. The van der Waals surface area contributed by atoms with E-state index in [1.54, 1.807) is 31.4 Å². The Labute approximate surface area is 151 Å². The molecule has 1 saturated carbocycles. The summed E-state index contributed by atoms with van der Waals surface area (Å²) in [7, 11) is 1.58. The molecule has 138 valence electrons. The summed E-state index contributed by atoms with van der Waals surface area (Å²) in [4.78, 5) is 20.0. The molecule has 2 unspecified atom stereocenters. The van der Waals surface area contributed by atoms with Gasteiger partial charge in [0.2, 0.25) is 0 Å². The van der Waals surface area contributed by atoms with Crippen LogP contribution < -0.4 is 20.5 Å². The molecule has 1 aromatic heterocycles. The maximum atomic E-state index is 11.7. The molecule has 1 amide bonds. The Morgan fingerprint density at radius 3 is 2.65 bits per heavy atom. The maximum absolute atomic E-state index is 11.7. The van der Waals surface area contributed by atoms with E-state index in [2.05, 4.69) is 15.3 Å². The standard InChI is InChI=1S/C18H22N4O4/c1-25-13-5-7-14(8-6-13)26-18-20-10-15(16(19)24)17(22-18)21-11-3-2-4-12(23)9-11/h5-8,10-12,23H,2-4,9H2,1H3,(H2,19,24)(H,20,21,22). The number of rotatable bonds is 6. The fourth-order valence-corrected chi connectivity index (χ4v) is 2.94. The molecule has 1 aliphatic carbocycles. The highest BCUT2D eigenvalue weighted by Crippen LogP contribution is 2.26. The molecule has 3 rings (SSSR count). The van der Waals surface area contributed by atoms with E-state index in [0.717, 1.165) is 19.3 Å². The minimum atomic E-state index is -0.625. The number of benzene rings is 1. The zero-order valence-corrected chi connectivity index (χ0v) is 14.5. The van der Waals surface area contributed by atoms with Crippen LogP contribution in [0.2, 0.25) is 0 Å². The molecule has 2 atom stereocenters. The molecule has 1 aliphatic rings. The number of primary amides is 1. The van der Waals surface area contributed by atoms with Gasteiger partial charge in [-0.05, 0) is 49.9 Å². The zero-order chi connectivity index (χ0) is 18.5. The Kier molecular flexibility index (Phi) is 5.52. The number of hydrogen-bond donors (Lipinski definition) is 3. The van der Waals surface area contributed by atoms with Gasteiger partial charge in [0, 0.05) is 12.2 Å². The molecule has 8 heteroatoms. The van der Waals surface area contributed by atoms with Crippen molar-refractivity contribution in [3.05, 3.63) is 36.0 Å². The van der Waals surface area contributed by atoms with Crippen molar-refractivity contribution < 1.29 is 19.4 Å². The number of aliphatic hydroxyl groups excluding tert-OH is 1. The number of amides is 1. The number of anilines is 1. The number of nitrogens with zero attached hydrogens (tertiary/aromatic N) is 2. The van der Waals surface area contributed by atoms with Crippen molar-refractivity contribution in [2.45, 2.75) is 37.8 Å². The number of nitrogens with one attached hydrogen (secondary N) is 1. The smallest absolute Gasteiger partial charge is 0.323 e. The van der Waals surface area contributed by atoms with Crippen LogP contribution in [0.5, 0.6) is 17.5 Å². The number of aliphatic hydroxyl groups is 1. The lowest BCUT2D eigenvalue weighted by molar-refractivity contribution is 0.1000. The van der Waals surface area contributed by atoms with Crippen LogP contribution in [0, 0.1) is 0 Å². The number of aromatic nitrogens is 2. The van der Waals surface area contributed by atoms with Crippen molar-refractivity contribution in [1.82, 2.24) is 9.97 Å². The van der Waals surface area contributed by atoms with E-state index < -0.39 is 5.91 Å². The zero-order valence-electron chi connectivity index (χ0n) is 14.5. The van der Waals surface area contributed by atoms with Crippen molar-refractivity contribution in [3.8, 4) is 17.5 Å². The number of hydrogen-bond acceptors (Lipinski definition) is 7. The van der Waals surface area contributed by atoms with Gasteiger partial charge in [-0.3, -0.25) is 4.79 Å². The quantitative estimate of drug-likeness (QED) is 0.723. The summed E-state index contributed by atoms with van der Waals surface area (Å²) < 4.78 is 10.7. The highest BCUT2D eigenvalue weighted by Gasteiger charge is 2.23. The second kappa shape index (κ2) is 8.01. The van der Waals surface area contributed by atoms with Crippen molar-refractivity contribution in [3.63, 3.8) is 0 Å². The number of nitrogens with two attached hydrogens (primary N) is 1. The van der Waals surface area contributed by atoms with Crippen molar-refractivity contribution in [2.24, 2.45) is 5.73 Å². The predicted octanol–water partition coefficient (Wildman–Crippen LogP) is 2.09. The summed E-state index contributed by atoms with van der Waals surface area (Å²) >= 11 is 0. The first-order valence-corrected chi connectivity index (χ1v) is 8.48. The van der Waals surface area contributed by atoms with Crippen molar-refractivity contribution >= 4 is 11.7 Å². The summed E-state index contributed by atoms with van der Waals surface area (Å²) in [5, 5.41) is 13.0. The summed E-state index contributed by atoms with van der Waals surface area (Å²) in [6.07, 6.45) is 4.16. The van der Waals surface area contributed by atoms with E-state index in [9.17, 15) is 9.90 Å². The highest BCUT2D eigenvalue weighted by molar-refractivity contribution is 5.97. The molecule has 4 N–H and O–H groups in total. The normalized spacial score (nSPS) is 19.6. The van der Waals surface area contributed by atoms with Gasteiger partial charge >= 0.3 is 6.01 Å². The molecule has 0 bridgehead atoms. The Hall–Kier alpha value is -2.87. The summed E-state index contributed by atoms with van der Waals surface area (Å²) in [5.41, 5.74) is 5.61. The van der Waals surface area contributed by atoms with Gasteiger partial charge in [0.25, 0.3) is 5.91 Å². The number of carbonyl (C=O) groups excluding carboxylic acids is 1. The summed E-state index contributed by atoms with van der Waals surface area (Å²) in [5.74, 6) is 0.937. The second-order valence-corrected chi connectivity index (χ2v) is 6.22. The Balaban J connectivity index is 1.79. The predicted molar refractivity (Wildman–Crippen MR) is 95.5 cm³/mol. The van der Waals surface area contributed by atoms with E-state index >= 15 is 0 Å². The molecular formula is C18H22N4O4. The molecule has 0 aliphatic heterocycles. The van der Waals surface area contributed by atoms with Crippen LogP contribution in [-0.2, 0) is 0 Å². The van der Waals surface area contributed by atoms with Crippen LogP contribution in [-0.4, -0.2) is 40.2 Å². The third-order valence-corrected chi connectivity index (χ3v) is 4.29. The van der Waals surface area contributed by atoms with Crippen LogP contribution in [0.4, 0.5) is 5.82 Å². The number of ether oxygens (including phenoxy) is 2. The van der Waals surface area contributed by atoms with Crippen molar-refractivity contribution in [1.29, 1.82) is 0 Å². The summed E-state index contributed by atoms with van der Waals surface area (Å²) in [6, 6.07) is 7.09. The molecular weight excluding hydrogens is 336 g/mol.